The van der Waals surface area contributed by atoms with E-state index < -0.39 is 6.09 Å². The molecular formula is C25H25ClN8O2. The van der Waals surface area contributed by atoms with Crippen molar-refractivity contribution in [3.63, 3.8) is 0 Å². The summed E-state index contributed by atoms with van der Waals surface area (Å²) < 4.78 is 9.20. The molecule has 0 saturated carbocycles. The number of benzene rings is 1. The van der Waals surface area contributed by atoms with Crippen molar-refractivity contribution in [2.75, 3.05) is 19.0 Å². The van der Waals surface area contributed by atoms with E-state index in [1.54, 1.807) is 13.4 Å². The number of unbranched alkanes of at least 4 members (excludes halogenated alkanes) is 1. The van der Waals surface area contributed by atoms with Gasteiger partial charge in [-0.15, -0.1) is 0 Å². The lowest BCUT2D eigenvalue weighted by Crippen LogP contribution is -2.24. The predicted molar refractivity (Wildman–Crippen MR) is 138 cm³/mol. The van der Waals surface area contributed by atoms with Gasteiger partial charge in [0.1, 0.15) is 5.65 Å². The fourth-order valence-electron chi connectivity index (χ4n) is 3.92. The Balaban J connectivity index is 1.07. The van der Waals surface area contributed by atoms with Crippen molar-refractivity contribution in [1.29, 1.82) is 0 Å². The fraction of sp³-hybridized carbons (Fsp3) is 0.240. The number of pyridine rings is 1. The lowest BCUT2D eigenvalue weighted by atomic mass is 10.2. The Kier molecular flexibility index (Phi) is 6.94. The number of alkyl carbamates (subject to hydrolysis) is 1. The summed E-state index contributed by atoms with van der Waals surface area (Å²) >= 11 is 6.01. The number of nitrogens with zero attached hydrogens (tertiary/aromatic N) is 6. The van der Waals surface area contributed by atoms with Gasteiger partial charge in [-0.25, -0.2) is 14.8 Å². The van der Waals surface area contributed by atoms with Crippen LogP contribution in [0.25, 0.3) is 28.1 Å². The van der Waals surface area contributed by atoms with Crippen molar-refractivity contribution < 1.29 is 9.53 Å². The number of imidazole rings is 2. The Hall–Kier alpha value is -4.18. The topological polar surface area (TPSA) is 111 Å². The highest BCUT2D eigenvalue weighted by Gasteiger charge is 2.12. The molecule has 10 nitrogen and oxygen atoms in total. The fourth-order valence-corrected chi connectivity index (χ4v) is 4.08. The zero-order valence-electron chi connectivity index (χ0n) is 19.7. The summed E-state index contributed by atoms with van der Waals surface area (Å²) in [5.41, 5.74) is 5.10. The average Bonchev–Trinajstić information content (AvgIpc) is 3.51. The van der Waals surface area contributed by atoms with E-state index in [4.69, 9.17) is 16.3 Å². The van der Waals surface area contributed by atoms with E-state index in [0.29, 0.717) is 43.1 Å². The van der Waals surface area contributed by atoms with Gasteiger partial charge < -0.3 is 24.3 Å². The first-order valence-electron chi connectivity index (χ1n) is 11.6. The van der Waals surface area contributed by atoms with Crippen molar-refractivity contribution >= 4 is 40.3 Å². The van der Waals surface area contributed by atoms with Gasteiger partial charge in [-0.3, -0.25) is 0 Å². The number of fused-ring (bicyclic) bond motifs is 2. The highest BCUT2D eigenvalue weighted by molar-refractivity contribution is 6.28. The Morgan fingerprint density at radius 1 is 1.06 bits per heavy atom. The summed E-state index contributed by atoms with van der Waals surface area (Å²) in [7, 11) is 1.76. The number of ether oxygens (including phenoxy) is 1. The summed E-state index contributed by atoms with van der Waals surface area (Å²) in [4.78, 5) is 29.6. The molecule has 1 aromatic carbocycles. The minimum atomic E-state index is -0.447. The molecule has 0 fully saturated rings. The first-order chi connectivity index (χ1) is 17.6. The molecule has 0 aliphatic carbocycles. The molecule has 0 bridgehead atoms. The quantitative estimate of drug-likeness (QED) is 0.224. The van der Waals surface area contributed by atoms with Crippen LogP contribution < -0.4 is 10.6 Å². The lowest BCUT2D eigenvalue weighted by Gasteiger charge is -2.08. The number of aromatic nitrogens is 6. The van der Waals surface area contributed by atoms with Crippen LogP contribution in [0.15, 0.2) is 61.2 Å². The molecule has 5 aromatic rings. The maximum Gasteiger partial charge on any atom is 0.407 e. The minimum absolute atomic E-state index is 0.164. The van der Waals surface area contributed by atoms with Crippen LogP contribution in [0.4, 0.5) is 10.6 Å². The molecule has 11 heteroatoms. The van der Waals surface area contributed by atoms with Crippen LogP contribution in [-0.2, 0) is 17.8 Å². The van der Waals surface area contributed by atoms with Crippen LogP contribution in [0, 0.1) is 0 Å². The second-order valence-electron chi connectivity index (χ2n) is 8.19. The van der Waals surface area contributed by atoms with E-state index in [9.17, 15) is 4.79 Å². The minimum Gasteiger partial charge on any atom is -0.450 e. The second kappa shape index (κ2) is 10.6. The molecule has 0 saturated heterocycles. The third-order valence-electron chi connectivity index (χ3n) is 5.72. The number of anilines is 1. The number of hydrogen-bond donors (Lipinski definition) is 2. The average molecular weight is 505 g/mol. The molecule has 2 N–H and O–H groups in total. The summed E-state index contributed by atoms with van der Waals surface area (Å²) in [6.07, 6.45) is 6.70. The van der Waals surface area contributed by atoms with E-state index in [1.165, 1.54) is 0 Å². The molecule has 0 unspecified atom stereocenters. The standard InChI is InChI=1S/C25H25ClN8O2/c1-27-22-21-23(32-24(26)31-22)33(16-29-21)11-5-6-12-36-25(35)28-13-17-9-10-20-30-19(15-34(20)14-17)18-7-3-2-4-8-18/h2-4,7-10,14-16H,5-6,11-13H2,1H3,(H,28,35)(H,27,31,32). The normalized spacial score (nSPS) is 11.2. The molecule has 184 valence electrons. The van der Waals surface area contributed by atoms with E-state index >= 15 is 0 Å². The number of halogens is 1. The van der Waals surface area contributed by atoms with E-state index in [1.807, 2.05) is 63.8 Å². The van der Waals surface area contributed by atoms with Gasteiger partial charge in [-0.1, -0.05) is 36.4 Å². The molecule has 0 aliphatic heterocycles. The van der Waals surface area contributed by atoms with Crippen LogP contribution in [0.3, 0.4) is 0 Å². The van der Waals surface area contributed by atoms with Gasteiger partial charge in [0.05, 0.1) is 18.6 Å². The van der Waals surface area contributed by atoms with Gasteiger partial charge in [-0.2, -0.15) is 9.97 Å². The maximum absolute atomic E-state index is 12.1. The predicted octanol–water partition coefficient (Wildman–Crippen LogP) is 4.54. The number of carbonyl (C=O) groups excluding carboxylic acids is 1. The number of amides is 1. The van der Waals surface area contributed by atoms with Crippen LogP contribution in [0.1, 0.15) is 18.4 Å². The monoisotopic (exact) mass is 504 g/mol. The second-order valence-corrected chi connectivity index (χ2v) is 8.53. The van der Waals surface area contributed by atoms with Gasteiger partial charge in [0.2, 0.25) is 5.28 Å². The molecule has 0 spiro atoms. The Morgan fingerprint density at radius 2 is 1.92 bits per heavy atom. The van der Waals surface area contributed by atoms with Gasteiger partial charge >= 0.3 is 6.09 Å². The Labute approximate surface area is 212 Å². The molecule has 0 aliphatic rings. The number of hydrogen-bond acceptors (Lipinski definition) is 7. The zero-order valence-corrected chi connectivity index (χ0v) is 20.4. The zero-order chi connectivity index (χ0) is 24.9. The van der Waals surface area contributed by atoms with Crippen molar-refractivity contribution in [3.05, 3.63) is 72.0 Å². The van der Waals surface area contributed by atoms with Crippen LogP contribution in [0.2, 0.25) is 5.28 Å². The van der Waals surface area contributed by atoms with E-state index in [2.05, 4.69) is 30.6 Å². The SMILES string of the molecule is CNc1nc(Cl)nc2c1ncn2CCCCOC(=O)NCc1ccc2nc(-c3ccccc3)cn2c1. The van der Waals surface area contributed by atoms with Gasteiger partial charge in [0, 0.05) is 38.1 Å². The third kappa shape index (κ3) is 5.23. The largest absolute Gasteiger partial charge is 0.450 e. The first kappa shape index (κ1) is 23.6. The molecule has 36 heavy (non-hydrogen) atoms. The highest BCUT2D eigenvalue weighted by atomic mass is 35.5. The maximum atomic E-state index is 12.1. The highest BCUT2D eigenvalue weighted by Crippen LogP contribution is 2.21. The van der Waals surface area contributed by atoms with Crippen molar-refractivity contribution in [1.82, 2.24) is 34.2 Å². The molecular weight excluding hydrogens is 480 g/mol. The smallest absolute Gasteiger partial charge is 0.407 e. The number of aryl methyl sites for hydroxylation is 1. The summed E-state index contributed by atoms with van der Waals surface area (Å²) in [5, 5.41) is 5.94. The molecule has 4 heterocycles. The summed E-state index contributed by atoms with van der Waals surface area (Å²) in [6.45, 7) is 1.35. The van der Waals surface area contributed by atoms with E-state index in [0.717, 1.165) is 28.9 Å². The molecule has 1 amide bonds. The number of rotatable bonds is 9. The van der Waals surface area contributed by atoms with Crippen LogP contribution in [0.5, 0.6) is 0 Å². The van der Waals surface area contributed by atoms with Gasteiger partial charge in [0.15, 0.2) is 17.0 Å². The van der Waals surface area contributed by atoms with Crippen molar-refractivity contribution in [2.45, 2.75) is 25.9 Å². The van der Waals surface area contributed by atoms with E-state index in [-0.39, 0.29) is 5.28 Å². The molecule has 5 rings (SSSR count). The molecule has 0 atom stereocenters. The third-order valence-corrected chi connectivity index (χ3v) is 5.89. The van der Waals surface area contributed by atoms with Crippen molar-refractivity contribution in [3.8, 4) is 11.3 Å². The number of nitrogens with one attached hydrogen (secondary N) is 2. The van der Waals surface area contributed by atoms with Gasteiger partial charge in [-0.05, 0) is 36.1 Å². The van der Waals surface area contributed by atoms with Crippen LogP contribution in [-0.4, -0.2) is 48.7 Å². The Bertz CT molecular complexity index is 1500. The Morgan fingerprint density at radius 3 is 2.75 bits per heavy atom. The summed E-state index contributed by atoms with van der Waals surface area (Å²) in [6, 6.07) is 13.9. The first-order valence-corrected chi connectivity index (χ1v) is 12.0. The van der Waals surface area contributed by atoms with Crippen molar-refractivity contribution in [2.24, 2.45) is 0 Å². The lowest BCUT2D eigenvalue weighted by molar-refractivity contribution is 0.143. The van der Waals surface area contributed by atoms with Gasteiger partial charge in [0.25, 0.3) is 0 Å². The molecule has 0 radical (unpaired) electrons. The number of carbonyl (C=O) groups is 1. The summed E-state index contributed by atoms with van der Waals surface area (Å²) in [5.74, 6) is 0.590. The molecule has 4 aromatic heterocycles. The van der Waals surface area contributed by atoms with Crippen LogP contribution >= 0.6 is 11.6 Å².